The number of aromatic nitrogens is 3. The van der Waals surface area contributed by atoms with Crippen LogP contribution in [0.5, 0.6) is 0 Å². The predicted octanol–water partition coefficient (Wildman–Crippen LogP) is 1.62. The van der Waals surface area contributed by atoms with Gasteiger partial charge in [-0.2, -0.15) is 0 Å². The number of hydrogen-bond donors (Lipinski definition) is 2. The van der Waals surface area contributed by atoms with Gasteiger partial charge in [0.25, 0.3) is 0 Å². The van der Waals surface area contributed by atoms with Crippen molar-refractivity contribution in [2.75, 3.05) is 5.32 Å². The minimum Gasteiger partial charge on any atom is -0.387 e. The lowest BCUT2D eigenvalue weighted by molar-refractivity contribution is -0.116. The molecule has 0 saturated carbocycles. The van der Waals surface area contributed by atoms with E-state index in [1.165, 1.54) is 10.9 Å². The van der Waals surface area contributed by atoms with E-state index >= 15 is 0 Å². The van der Waals surface area contributed by atoms with E-state index in [1.54, 1.807) is 31.2 Å². The van der Waals surface area contributed by atoms with Gasteiger partial charge in [-0.05, 0) is 31.2 Å². The molecule has 1 aromatic carbocycles. The zero-order chi connectivity index (χ0) is 13.8. The van der Waals surface area contributed by atoms with Gasteiger partial charge < -0.3 is 10.4 Å². The number of anilines is 1. The Bertz CT molecular complexity index is 565. The van der Waals surface area contributed by atoms with Crippen LogP contribution in [0.4, 0.5) is 5.69 Å². The first kappa shape index (κ1) is 13.5. The Hall–Kier alpha value is -1.92. The molecular formula is C12H13ClN4O2. The number of aliphatic hydroxyl groups excluding tert-OH is 1. The van der Waals surface area contributed by atoms with Gasteiger partial charge in [-0.25, -0.2) is 4.68 Å². The molecule has 100 valence electrons. The predicted molar refractivity (Wildman–Crippen MR) is 70.7 cm³/mol. The van der Waals surface area contributed by atoms with Gasteiger partial charge >= 0.3 is 0 Å². The molecule has 0 bridgehead atoms. The van der Waals surface area contributed by atoms with Crippen LogP contribution in [0, 0.1) is 0 Å². The first-order valence-corrected chi connectivity index (χ1v) is 6.06. The summed E-state index contributed by atoms with van der Waals surface area (Å²) in [4.78, 5) is 11.8. The van der Waals surface area contributed by atoms with E-state index in [9.17, 15) is 9.90 Å². The summed E-state index contributed by atoms with van der Waals surface area (Å²) in [6.45, 7) is 1.62. The minimum absolute atomic E-state index is 0.0301. The van der Waals surface area contributed by atoms with Crippen LogP contribution in [0.1, 0.15) is 18.7 Å². The average Bonchev–Trinajstić information content (AvgIpc) is 2.80. The number of hydrogen-bond acceptors (Lipinski definition) is 4. The second kappa shape index (κ2) is 5.81. The number of rotatable bonds is 4. The summed E-state index contributed by atoms with van der Waals surface area (Å²) in [6.07, 6.45) is 0.833. The Morgan fingerprint density at radius 2 is 2.16 bits per heavy atom. The van der Waals surface area contributed by atoms with Gasteiger partial charge in [-0.3, -0.25) is 4.79 Å². The third kappa shape index (κ3) is 3.77. The fourth-order valence-corrected chi connectivity index (χ4v) is 1.59. The summed E-state index contributed by atoms with van der Waals surface area (Å²) < 4.78 is 1.37. The molecule has 0 aliphatic heterocycles. The lowest BCUT2D eigenvalue weighted by atomic mass is 10.3. The molecule has 0 aliphatic carbocycles. The zero-order valence-corrected chi connectivity index (χ0v) is 11.0. The highest BCUT2D eigenvalue weighted by atomic mass is 35.5. The normalized spacial score (nSPS) is 12.2. The smallest absolute Gasteiger partial charge is 0.246 e. The van der Waals surface area contributed by atoms with Crippen LogP contribution in [0.15, 0.2) is 30.5 Å². The number of amides is 1. The zero-order valence-electron chi connectivity index (χ0n) is 10.2. The fourth-order valence-electron chi connectivity index (χ4n) is 1.46. The van der Waals surface area contributed by atoms with Crippen LogP contribution >= 0.6 is 11.6 Å². The van der Waals surface area contributed by atoms with E-state index in [0.29, 0.717) is 16.4 Å². The third-order valence-electron chi connectivity index (χ3n) is 2.42. The van der Waals surface area contributed by atoms with Crippen molar-refractivity contribution < 1.29 is 9.90 Å². The van der Waals surface area contributed by atoms with Crippen molar-refractivity contribution in [3.05, 3.63) is 41.2 Å². The van der Waals surface area contributed by atoms with E-state index in [2.05, 4.69) is 15.6 Å². The molecule has 6 nitrogen and oxygen atoms in total. The molecule has 7 heteroatoms. The molecule has 2 rings (SSSR count). The van der Waals surface area contributed by atoms with Gasteiger partial charge in [0, 0.05) is 10.7 Å². The maximum Gasteiger partial charge on any atom is 0.246 e. The maximum atomic E-state index is 11.8. The van der Waals surface area contributed by atoms with E-state index < -0.39 is 6.10 Å². The largest absolute Gasteiger partial charge is 0.387 e. The summed E-state index contributed by atoms with van der Waals surface area (Å²) in [5.74, 6) is -0.232. The van der Waals surface area contributed by atoms with Gasteiger partial charge in [-0.15, -0.1) is 5.10 Å². The molecule has 0 saturated heterocycles. The third-order valence-corrected chi connectivity index (χ3v) is 2.67. The van der Waals surface area contributed by atoms with Crippen molar-refractivity contribution in [3.8, 4) is 0 Å². The highest BCUT2D eigenvalue weighted by molar-refractivity contribution is 6.30. The Labute approximate surface area is 115 Å². The van der Waals surface area contributed by atoms with Crippen molar-refractivity contribution in [3.63, 3.8) is 0 Å². The molecule has 1 amide bonds. The lowest BCUT2D eigenvalue weighted by Gasteiger charge is -2.04. The van der Waals surface area contributed by atoms with Crippen molar-refractivity contribution in [1.29, 1.82) is 0 Å². The van der Waals surface area contributed by atoms with Gasteiger partial charge in [0.15, 0.2) is 0 Å². The molecule has 1 unspecified atom stereocenters. The number of aliphatic hydroxyl groups is 1. The van der Waals surface area contributed by atoms with Crippen molar-refractivity contribution in [2.24, 2.45) is 0 Å². The highest BCUT2D eigenvalue weighted by Crippen LogP contribution is 2.13. The van der Waals surface area contributed by atoms with Crippen LogP contribution in [-0.2, 0) is 11.3 Å². The van der Waals surface area contributed by atoms with Crippen LogP contribution in [0.3, 0.4) is 0 Å². The Balaban J connectivity index is 1.95. The first-order valence-electron chi connectivity index (χ1n) is 5.68. The molecule has 0 spiro atoms. The molecule has 0 aliphatic rings. The van der Waals surface area contributed by atoms with Crippen LogP contribution in [0.2, 0.25) is 5.02 Å². The molecule has 19 heavy (non-hydrogen) atoms. The summed E-state index contributed by atoms with van der Waals surface area (Å²) in [5.41, 5.74) is 1.09. The van der Waals surface area contributed by atoms with Crippen LogP contribution in [-0.4, -0.2) is 26.0 Å². The SMILES string of the molecule is CC(O)c1cn(CC(=O)Nc2ccc(Cl)cc2)nn1. The minimum atomic E-state index is -0.701. The van der Waals surface area contributed by atoms with Crippen LogP contribution < -0.4 is 5.32 Å². The van der Waals surface area contributed by atoms with E-state index in [1.807, 2.05) is 0 Å². The first-order chi connectivity index (χ1) is 9.04. The van der Waals surface area contributed by atoms with Crippen LogP contribution in [0.25, 0.3) is 0 Å². The molecule has 1 heterocycles. The number of benzene rings is 1. The van der Waals surface area contributed by atoms with Crippen molar-refractivity contribution >= 4 is 23.2 Å². The van der Waals surface area contributed by atoms with Crippen molar-refractivity contribution in [2.45, 2.75) is 19.6 Å². The second-order valence-electron chi connectivity index (χ2n) is 4.07. The van der Waals surface area contributed by atoms with Gasteiger partial charge in [0.2, 0.25) is 5.91 Å². The summed E-state index contributed by atoms with van der Waals surface area (Å²) in [6, 6.07) is 6.81. The standard InChI is InChI=1S/C12H13ClN4O2/c1-8(18)11-6-17(16-15-11)7-12(19)14-10-4-2-9(13)3-5-10/h2-6,8,18H,7H2,1H3,(H,14,19). The quantitative estimate of drug-likeness (QED) is 0.892. The summed E-state index contributed by atoms with van der Waals surface area (Å²) in [5, 5.41) is 20.1. The van der Waals surface area contributed by atoms with E-state index in [4.69, 9.17) is 11.6 Å². The van der Waals surface area contributed by atoms with Gasteiger partial charge in [0.1, 0.15) is 12.2 Å². The van der Waals surface area contributed by atoms with E-state index in [-0.39, 0.29) is 12.5 Å². The Kier molecular flexibility index (Phi) is 4.13. The molecular weight excluding hydrogens is 268 g/mol. The molecule has 2 N–H and O–H groups in total. The van der Waals surface area contributed by atoms with Gasteiger partial charge in [-0.1, -0.05) is 16.8 Å². The summed E-state index contributed by atoms with van der Waals surface area (Å²) >= 11 is 5.75. The highest BCUT2D eigenvalue weighted by Gasteiger charge is 2.09. The second-order valence-corrected chi connectivity index (χ2v) is 4.51. The molecule has 2 aromatic rings. The topological polar surface area (TPSA) is 80.0 Å². The molecule has 1 atom stereocenters. The monoisotopic (exact) mass is 280 g/mol. The molecule has 1 aromatic heterocycles. The van der Waals surface area contributed by atoms with Gasteiger partial charge in [0.05, 0.1) is 12.3 Å². The Morgan fingerprint density at radius 1 is 1.47 bits per heavy atom. The van der Waals surface area contributed by atoms with E-state index in [0.717, 1.165) is 0 Å². The fraction of sp³-hybridized carbons (Fsp3) is 0.250. The number of carbonyl (C=O) groups is 1. The average molecular weight is 281 g/mol. The number of halogens is 1. The number of nitrogens with zero attached hydrogens (tertiary/aromatic N) is 3. The maximum absolute atomic E-state index is 11.8. The number of carbonyl (C=O) groups excluding carboxylic acids is 1. The summed E-state index contributed by atoms with van der Waals surface area (Å²) in [7, 11) is 0. The Morgan fingerprint density at radius 3 is 2.74 bits per heavy atom. The molecule has 0 radical (unpaired) electrons. The van der Waals surface area contributed by atoms with Crippen molar-refractivity contribution in [1.82, 2.24) is 15.0 Å². The lowest BCUT2D eigenvalue weighted by Crippen LogP contribution is -2.19. The number of nitrogens with one attached hydrogen (secondary N) is 1. The molecule has 0 fully saturated rings.